The zero-order valence-corrected chi connectivity index (χ0v) is 19.4. The summed E-state index contributed by atoms with van der Waals surface area (Å²) in [6.45, 7) is 8.85. The second-order valence-corrected chi connectivity index (χ2v) is 7.91. The minimum absolute atomic E-state index is 0.0993. The smallest absolute Gasteiger partial charge is 0.257 e. The van der Waals surface area contributed by atoms with Crippen molar-refractivity contribution in [2.24, 2.45) is 0 Å². The van der Waals surface area contributed by atoms with Gasteiger partial charge in [-0.3, -0.25) is 9.78 Å². The van der Waals surface area contributed by atoms with Gasteiger partial charge in [0.2, 0.25) is 0 Å². The van der Waals surface area contributed by atoms with Crippen molar-refractivity contribution < 1.29 is 14.3 Å². The van der Waals surface area contributed by atoms with Crippen molar-refractivity contribution in [3.8, 4) is 11.5 Å². The topological polar surface area (TPSA) is 60.5 Å². The van der Waals surface area contributed by atoms with E-state index in [0.29, 0.717) is 22.7 Å². The van der Waals surface area contributed by atoms with E-state index in [1.807, 2.05) is 68.4 Å². The number of hydrogen-bond acceptors (Lipinski definition) is 4. The van der Waals surface area contributed by atoms with E-state index in [1.54, 1.807) is 0 Å². The highest BCUT2D eigenvalue weighted by molar-refractivity contribution is 6.05. The molecular formula is C27H32N2O3. The van der Waals surface area contributed by atoms with Gasteiger partial charge in [0, 0.05) is 30.5 Å². The minimum Gasteiger partial charge on any atom is -0.457 e. The summed E-state index contributed by atoms with van der Waals surface area (Å²) in [5, 5.41) is 2.95. The van der Waals surface area contributed by atoms with E-state index in [1.165, 1.54) is 5.56 Å². The van der Waals surface area contributed by atoms with Crippen LogP contribution in [0.15, 0.2) is 60.7 Å². The molecule has 1 heterocycles. The summed E-state index contributed by atoms with van der Waals surface area (Å²) >= 11 is 0. The molecular weight excluding hydrogens is 400 g/mol. The van der Waals surface area contributed by atoms with Gasteiger partial charge in [0.05, 0.1) is 17.4 Å². The first kappa shape index (κ1) is 23.5. The van der Waals surface area contributed by atoms with E-state index in [9.17, 15) is 4.79 Å². The van der Waals surface area contributed by atoms with Crippen LogP contribution in [0.25, 0.3) is 0 Å². The minimum atomic E-state index is -0.193. The third-order valence-electron chi connectivity index (χ3n) is 5.13. The van der Waals surface area contributed by atoms with E-state index in [-0.39, 0.29) is 12.0 Å². The fraction of sp³-hybridized carbons (Fsp3) is 0.333. The monoisotopic (exact) mass is 432 g/mol. The number of carbonyl (C=O) groups excluding carboxylic acids is 1. The van der Waals surface area contributed by atoms with Crippen molar-refractivity contribution in [1.29, 1.82) is 0 Å². The Bertz CT molecular complexity index is 1050. The molecule has 32 heavy (non-hydrogen) atoms. The summed E-state index contributed by atoms with van der Waals surface area (Å²) in [4.78, 5) is 17.5. The van der Waals surface area contributed by atoms with Crippen molar-refractivity contribution in [3.05, 3.63) is 83.2 Å². The fourth-order valence-electron chi connectivity index (χ4n) is 3.44. The number of nitrogens with zero attached hydrogens (tertiary/aromatic N) is 1. The summed E-state index contributed by atoms with van der Waals surface area (Å²) in [5.41, 5.74) is 4.06. The highest BCUT2D eigenvalue weighted by Crippen LogP contribution is 2.25. The molecule has 0 saturated heterocycles. The Hall–Kier alpha value is -3.18. The largest absolute Gasteiger partial charge is 0.457 e. The van der Waals surface area contributed by atoms with Crippen LogP contribution in [0.2, 0.25) is 0 Å². The van der Waals surface area contributed by atoms with Crippen LogP contribution < -0.4 is 10.1 Å². The van der Waals surface area contributed by atoms with Crippen molar-refractivity contribution in [2.75, 3.05) is 11.9 Å². The number of hydrogen-bond donors (Lipinski definition) is 1. The molecule has 1 amide bonds. The molecule has 0 aliphatic carbocycles. The Labute approximate surface area is 190 Å². The molecule has 3 aromatic rings. The van der Waals surface area contributed by atoms with Gasteiger partial charge in [-0.25, -0.2) is 0 Å². The second kappa shape index (κ2) is 11.4. The molecule has 1 atom stereocenters. The van der Waals surface area contributed by atoms with E-state index < -0.39 is 0 Å². The Morgan fingerprint density at radius 2 is 1.78 bits per heavy atom. The Balaban J connectivity index is 1.66. The summed E-state index contributed by atoms with van der Waals surface area (Å²) in [5.74, 6) is 1.25. The molecule has 0 aliphatic heterocycles. The standard InChI is InChI=1S/C27H32N2O3/c1-5-15-31-19(3)16-23-13-14-26(20(4)28-23)27(30)29-22-10-8-12-25(18-22)32-24-11-7-9-21(6-2)17-24/h7-14,17-19H,5-6,15-16H2,1-4H3,(H,29,30). The third-order valence-corrected chi connectivity index (χ3v) is 5.13. The van der Waals surface area contributed by atoms with Gasteiger partial charge >= 0.3 is 0 Å². The first-order valence-corrected chi connectivity index (χ1v) is 11.2. The predicted molar refractivity (Wildman–Crippen MR) is 129 cm³/mol. The number of pyridine rings is 1. The van der Waals surface area contributed by atoms with Crippen LogP contribution in [-0.4, -0.2) is 23.6 Å². The van der Waals surface area contributed by atoms with Gasteiger partial charge in [0.15, 0.2) is 0 Å². The van der Waals surface area contributed by atoms with E-state index in [2.05, 4.69) is 30.2 Å². The molecule has 0 spiro atoms. The number of aromatic nitrogens is 1. The molecule has 0 radical (unpaired) electrons. The van der Waals surface area contributed by atoms with Crippen LogP contribution in [0.4, 0.5) is 5.69 Å². The first-order valence-electron chi connectivity index (χ1n) is 11.2. The first-order chi connectivity index (χ1) is 15.5. The molecule has 0 saturated carbocycles. The van der Waals surface area contributed by atoms with Crippen LogP contribution >= 0.6 is 0 Å². The molecule has 5 nitrogen and oxygen atoms in total. The number of rotatable bonds is 10. The zero-order chi connectivity index (χ0) is 22.9. The summed E-state index contributed by atoms with van der Waals surface area (Å²) in [6, 6.07) is 19.1. The molecule has 1 unspecified atom stereocenters. The van der Waals surface area contributed by atoms with Gasteiger partial charge in [0.1, 0.15) is 11.5 Å². The van der Waals surface area contributed by atoms with Crippen molar-refractivity contribution in [2.45, 2.75) is 53.1 Å². The van der Waals surface area contributed by atoms with E-state index in [0.717, 1.165) is 37.3 Å². The SMILES string of the molecule is CCCOC(C)Cc1ccc(C(=O)Nc2cccc(Oc3cccc(CC)c3)c2)c(C)n1. The molecule has 5 heteroatoms. The lowest BCUT2D eigenvalue weighted by atomic mass is 10.1. The van der Waals surface area contributed by atoms with E-state index in [4.69, 9.17) is 9.47 Å². The lowest BCUT2D eigenvalue weighted by Gasteiger charge is -2.14. The summed E-state index contributed by atoms with van der Waals surface area (Å²) in [7, 11) is 0. The highest BCUT2D eigenvalue weighted by Gasteiger charge is 2.13. The average Bonchev–Trinajstić information content (AvgIpc) is 2.78. The average molecular weight is 433 g/mol. The summed E-state index contributed by atoms with van der Waals surface area (Å²) in [6.07, 6.45) is 2.76. The quantitative estimate of drug-likeness (QED) is 0.405. The van der Waals surface area contributed by atoms with Crippen molar-refractivity contribution in [3.63, 3.8) is 0 Å². The van der Waals surface area contributed by atoms with Crippen LogP contribution in [0.1, 0.15) is 54.5 Å². The maximum atomic E-state index is 12.8. The Morgan fingerprint density at radius 3 is 2.50 bits per heavy atom. The molecule has 0 aliphatic rings. The Kier molecular flexibility index (Phi) is 8.40. The molecule has 168 valence electrons. The van der Waals surface area contributed by atoms with Gasteiger partial charge in [-0.2, -0.15) is 0 Å². The number of ether oxygens (including phenoxy) is 2. The molecule has 3 rings (SSSR count). The normalized spacial score (nSPS) is 11.8. The Morgan fingerprint density at radius 1 is 1.03 bits per heavy atom. The van der Waals surface area contributed by atoms with E-state index >= 15 is 0 Å². The van der Waals surface area contributed by atoms with Crippen molar-refractivity contribution >= 4 is 11.6 Å². The van der Waals surface area contributed by atoms with Crippen LogP contribution in [0.3, 0.4) is 0 Å². The third kappa shape index (κ3) is 6.66. The van der Waals surface area contributed by atoms with Gasteiger partial charge in [-0.05, 0) is 68.7 Å². The van der Waals surface area contributed by atoms with Crippen LogP contribution in [0.5, 0.6) is 11.5 Å². The lowest BCUT2D eigenvalue weighted by Crippen LogP contribution is -2.16. The van der Waals surface area contributed by atoms with Crippen molar-refractivity contribution in [1.82, 2.24) is 4.98 Å². The lowest BCUT2D eigenvalue weighted by molar-refractivity contribution is 0.0663. The predicted octanol–water partition coefficient (Wildman–Crippen LogP) is 6.35. The molecule has 1 N–H and O–H groups in total. The number of nitrogens with one attached hydrogen (secondary N) is 1. The zero-order valence-electron chi connectivity index (χ0n) is 19.4. The molecule has 1 aromatic heterocycles. The second-order valence-electron chi connectivity index (χ2n) is 7.91. The van der Waals surface area contributed by atoms with Gasteiger partial charge < -0.3 is 14.8 Å². The fourth-order valence-corrected chi connectivity index (χ4v) is 3.44. The van der Waals surface area contributed by atoms with Crippen LogP contribution in [-0.2, 0) is 17.6 Å². The maximum Gasteiger partial charge on any atom is 0.257 e. The van der Waals surface area contributed by atoms with Gasteiger partial charge in [-0.1, -0.05) is 32.0 Å². The van der Waals surface area contributed by atoms with Gasteiger partial charge in [0.25, 0.3) is 5.91 Å². The number of carbonyl (C=O) groups is 1. The molecule has 0 fully saturated rings. The number of anilines is 1. The van der Waals surface area contributed by atoms with Crippen LogP contribution in [0, 0.1) is 6.92 Å². The summed E-state index contributed by atoms with van der Waals surface area (Å²) < 4.78 is 11.7. The molecule has 2 aromatic carbocycles. The number of amides is 1. The van der Waals surface area contributed by atoms with Gasteiger partial charge in [-0.15, -0.1) is 0 Å². The maximum absolute atomic E-state index is 12.8. The molecule has 0 bridgehead atoms. The number of benzene rings is 2. The number of aryl methyl sites for hydroxylation is 2. The highest BCUT2D eigenvalue weighted by atomic mass is 16.5.